The van der Waals surface area contributed by atoms with Crippen molar-refractivity contribution in [3.8, 4) is 5.75 Å². The molecule has 3 nitrogen and oxygen atoms in total. The minimum atomic E-state index is 0.395. The molecule has 0 fully saturated rings. The molecule has 0 aliphatic rings. The lowest BCUT2D eigenvalue weighted by atomic mass is 10.1. The van der Waals surface area contributed by atoms with E-state index >= 15 is 0 Å². The van der Waals surface area contributed by atoms with Crippen molar-refractivity contribution in [3.05, 3.63) is 27.7 Å². The van der Waals surface area contributed by atoms with Crippen molar-refractivity contribution < 1.29 is 14.3 Å². The van der Waals surface area contributed by atoms with Crippen LogP contribution in [-0.4, -0.2) is 19.7 Å². The first-order valence-electron chi connectivity index (χ1n) is 3.50. The lowest BCUT2D eigenvalue weighted by Gasteiger charge is -2.05. The molecule has 0 bridgehead atoms. The SMILES string of the molecule is COc1cc(C=O)cc(Br)c1C=O. The van der Waals surface area contributed by atoms with Gasteiger partial charge in [0.05, 0.1) is 12.7 Å². The maximum Gasteiger partial charge on any atom is 0.154 e. The maximum absolute atomic E-state index is 10.6. The molecule has 0 N–H and O–H groups in total. The van der Waals surface area contributed by atoms with E-state index in [0.717, 1.165) is 0 Å². The quantitative estimate of drug-likeness (QED) is 0.763. The van der Waals surface area contributed by atoms with Crippen LogP contribution in [0.4, 0.5) is 0 Å². The Bertz CT molecular complexity index is 347. The van der Waals surface area contributed by atoms with Gasteiger partial charge in [0, 0.05) is 10.0 Å². The summed E-state index contributed by atoms with van der Waals surface area (Å²) in [5.74, 6) is 0.395. The molecule has 0 amide bonds. The summed E-state index contributed by atoms with van der Waals surface area (Å²) in [6.07, 6.45) is 1.37. The van der Waals surface area contributed by atoms with Gasteiger partial charge >= 0.3 is 0 Å². The van der Waals surface area contributed by atoms with Gasteiger partial charge in [-0.05, 0) is 28.1 Å². The summed E-state index contributed by atoms with van der Waals surface area (Å²) in [4.78, 5) is 21.1. The van der Waals surface area contributed by atoms with E-state index in [9.17, 15) is 9.59 Å². The molecule has 0 saturated heterocycles. The Hall–Kier alpha value is -1.16. The third-order valence-electron chi connectivity index (χ3n) is 1.59. The van der Waals surface area contributed by atoms with Gasteiger partial charge in [-0.25, -0.2) is 0 Å². The molecule has 1 aromatic rings. The zero-order valence-electron chi connectivity index (χ0n) is 6.91. The second kappa shape index (κ2) is 4.18. The van der Waals surface area contributed by atoms with Crippen LogP contribution in [-0.2, 0) is 0 Å². The minimum Gasteiger partial charge on any atom is -0.496 e. The highest BCUT2D eigenvalue weighted by Crippen LogP contribution is 2.26. The van der Waals surface area contributed by atoms with Gasteiger partial charge in [-0.1, -0.05) is 0 Å². The van der Waals surface area contributed by atoms with Crippen LogP contribution in [0.2, 0.25) is 0 Å². The van der Waals surface area contributed by atoms with Gasteiger partial charge in [0.15, 0.2) is 6.29 Å². The van der Waals surface area contributed by atoms with Gasteiger partial charge in [-0.3, -0.25) is 9.59 Å². The Balaban J connectivity index is 3.36. The van der Waals surface area contributed by atoms with Gasteiger partial charge < -0.3 is 4.74 Å². The summed E-state index contributed by atoms with van der Waals surface area (Å²) in [5.41, 5.74) is 0.877. The van der Waals surface area contributed by atoms with Crippen LogP contribution in [0, 0.1) is 0 Å². The third-order valence-corrected chi connectivity index (χ3v) is 2.24. The van der Waals surface area contributed by atoms with E-state index in [4.69, 9.17) is 4.74 Å². The molecule has 0 radical (unpaired) electrons. The Morgan fingerprint density at radius 3 is 2.46 bits per heavy atom. The van der Waals surface area contributed by atoms with Crippen molar-refractivity contribution in [1.82, 2.24) is 0 Å². The summed E-state index contributed by atoms with van der Waals surface area (Å²) < 4.78 is 5.50. The molecule has 13 heavy (non-hydrogen) atoms. The number of aldehydes is 2. The first-order valence-corrected chi connectivity index (χ1v) is 4.30. The van der Waals surface area contributed by atoms with Crippen molar-refractivity contribution in [2.24, 2.45) is 0 Å². The van der Waals surface area contributed by atoms with Gasteiger partial charge in [0.1, 0.15) is 12.0 Å². The lowest BCUT2D eigenvalue weighted by Crippen LogP contribution is -1.94. The van der Waals surface area contributed by atoms with Gasteiger partial charge in [0.2, 0.25) is 0 Å². The molecular weight excluding hydrogens is 236 g/mol. The first kappa shape index (κ1) is 9.92. The minimum absolute atomic E-state index is 0.395. The number of hydrogen-bond acceptors (Lipinski definition) is 3. The second-order valence-electron chi connectivity index (χ2n) is 2.35. The fourth-order valence-corrected chi connectivity index (χ4v) is 1.52. The van der Waals surface area contributed by atoms with Crippen LogP contribution in [0.5, 0.6) is 5.75 Å². The monoisotopic (exact) mass is 242 g/mol. The summed E-state index contributed by atoms with van der Waals surface area (Å²) in [6.45, 7) is 0. The molecule has 0 aromatic heterocycles. The molecule has 0 spiro atoms. The summed E-state index contributed by atoms with van der Waals surface area (Å²) in [5, 5.41) is 0. The van der Waals surface area contributed by atoms with Crippen molar-refractivity contribution in [2.45, 2.75) is 0 Å². The topological polar surface area (TPSA) is 43.4 Å². The predicted molar refractivity (Wildman–Crippen MR) is 51.5 cm³/mol. The van der Waals surface area contributed by atoms with Crippen LogP contribution < -0.4 is 4.74 Å². The van der Waals surface area contributed by atoms with Crippen molar-refractivity contribution in [3.63, 3.8) is 0 Å². The highest BCUT2D eigenvalue weighted by atomic mass is 79.9. The standard InChI is InChI=1S/C9H7BrO3/c1-13-9-3-6(4-11)2-8(10)7(9)5-12/h2-5H,1H3. The Morgan fingerprint density at radius 1 is 1.31 bits per heavy atom. The largest absolute Gasteiger partial charge is 0.496 e. The van der Waals surface area contributed by atoms with E-state index in [1.807, 2.05) is 0 Å². The molecule has 68 valence electrons. The highest BCUT2D eigenvalue weighted by Gasteiger charge is 2.08. The fraction of sp³-hybridized carbons (Fsp3) is 0.111. The number of benzene rings is 1. The molecule has 0 saturated carbocycles. The van der Waals surface area contributed by atoms with E-state index in [1.54, 1.807) is 6.07 Å². The average Bonchev–Trinajstić information content (AvgIpc) is 2.16. The van der Waals surface area contributed by atoms with Gasteiger partial charge in [0.25, 0.3) is 0 Å². The first-order chi connectivity index (χ1) is 6.22. The number of halogens is 1. The lowest BCUT2D eigenvalue weighted by molar-refractivity contribution is 0.111. The molecule has 0 heterocycles. The van der Waals surface area contributed by atoms with Crippen LogP contribution >= 0.6 is 15.9 Å². The number of methoxy groups -OCH3 is 1. The zero-order valence-corrected chi connectivity index (χ0v) is 8.50. The molecule has 1 aromatic carbocycles. The van der Waals surface area contributed by atoms with Crippen LogP contribution in [0.25, 0.3) is 0 Å². The second-order valence-corrected chi connectivity index (χ2v) is 3.21. The highest BCUT2D eigenvalue weighted by molar-refractivity contribution is 9.10. The molecule has 0 atom stereocenters. The van der Waals surface area contributed by atoms with E-state index < -0.39 is 0 Å². The van der Waals surface area contributed by atoms with E-state index in [1.165, 1.54) is 13.2 Å². The summed E-state index contributed by atoms with van der Waals surface area (Å²) in [7, 11) is 1.45. The third kappa shape index (κ3) is 1.95. The Kier molecular flexibility index (Phi) is 3.19. The molecule has 0 aliphatic carbocycles. The maximum atomic E-state index is 10.6. The Morgan fingerprint density at radius 2 is 2.00 bits per heavy atom. The zero-order chi connectivity index (χ0) is 9.84. The summed E-state index contributed by atoms with van der Waals surface area (Å²) >= 11 is 3.17. The average molecular weight is 243 g/mol. The van der Waals surface area contributed by atoms with Gasteiger partial charge in [-0.2, -0.15) is 0 Å². The normalized spacial score (nSPS) is 9.38. The number of hydrogen-bond donors (Lipinski definition) is 0. The number of carbonyl (C=O) groups excluding carboxylic acids is 2. The molecule has 0 unspecified atom stereocenters. The fourth-order valence-electron chi connectivity index (χ4n) is 0.964. The number of rotatable bonds is 3. The van der Waals surface area contributed by atoms with Crippen LogP contribution in [0.15, 0.2) is 16.6 Å². The molecule has 0 aliphatic heterocycles. The summed E-state index contributed by atoms with van der Waals surface area (Å²) in [6, 6.07) is 3.08. The predicted octanol–water partition coefficient (Wildman–Crippen LogP) is 2.08. The van der Waals surface area contributed by atoms with E-state index in [2.05, 4.69) is 15.9 Å². The molecule has 4 heteroatoms. The van der Waals surface area contributed by atoms with Gasteiger partial charge in [-0.15, -0.1) is 0 Å². The smallest absolute Gasteiger partial charge is 0.154 e. The number of carbonyl (C=O) groups is 2. The molecule has 1 rings (SSSR count). The van der Waals surface area contributed by atoms with Crippen LogP contribution in [0.1, 0.15) is 20.7 Å². The van der Waals surface area contributed by atoms with E-state index in [-0.39, 0.29) is 0 Å². The van der Waals surface area contributed by atoms with Crippen molar-refractivity contribution >= 4 is 28.5 Å². The van der Waals surface area contributed by atoms with Crippen molar-refractivity contribution in [1.29, 1.82) is 0 Å². The molecular formula is C9H7BrO3. The number of ether oxygens (including phenoxy) is 1. The Labute approximate surface area is 83.8 Å². The van der Waals surface area contributed by atoms with Crippen LogP contribution in [0.3, 0.4) is 0 Å². The van der Waals surface area contributed by atoms with Crippen molar-refractivity contribution in [2.75, 3.05) is 7.11 Å². The van der Waals surface area contributed by atoms with E-state index in [0.29, 0.717) is 33.9 Å².